The highest BCUT2D eigenvalue weighted by Crippen LogP contribution is 2.32. The van der Waals surface area contributed by atoms with Gasteiger partial charge in [-0.25, -0.2) is 0 Å². The Hall–Kier alpha value is -1.36. The van der Waals surface area contributed by atoms with E-state index in [2.05, 4.69) is 13.8 Å². The average Bonchev–Trinajstić information content (AvgIpc) is 2.59. The summed E-state index contributed by atoms with van der Waals surface area (Å²) in [6, 6.07) is 5.34. The molecule has 1 fully saturated rings. The SMILES string of the molecule is COc1cccc(C(=O)N2CCSC(C)(C)CC2)c1N. The number of hydrogen-bond donors (Lipinski definition) is 1. The zero-order valence-corrected chi connectivity index (χ0v) is 13.1. The molecule has 110 valence electrons. The number of anilines is 1. The van der Waals surface area contributed by atoms with E-state index in [4.69, 9.17) is 10.5 Å². The number of carbonyl (C=O) groups excluding carboxylic acids is 1. The van der Waals surface area contributed by atoms with Crippen molar-refractivity contribution in [3.63, 3.8) is 0 Å². The van der Waals surface area contributed by atoms with Crippen molar-refractivity contribution in [2.24, 2.45) is 0 Å². The monoisotopic (exact) mass is 294 g/mol. The third-order valence-electron chi connectivity index (χ3n) is 3.64. The summed E-state index contributed by atoms with van der Waals surface area (Å²) in [5, 5.41) is 0. The summed E-state index contributed by atoms with van der Waals surface area (Å²) >= 11 is 1.92. The smallest absolute Gasteiger partial charge is 0.256 e. The summed E-state index contributed by atoms with van der Waals surface area (Å²) in [7, 11) is 1.56. The molecule has 0 unspecified atom stereocenters. The van der Waals surface area contributed by atoms with E-state index in [0.717, 1.165) is 25.3 Å². The number of nitrogens with two attached hydrogens (primary N) is 1. The molecule has 0 atom stereocenters. The molecule has 2 N–H and O–H groups in total. The van der Waals surface area contributed by atoms with Gasteiger partial charge in [0.2, 0.25) is 0 Å². The van der Waals surface area contributed by atoms with E-state index in [1.165, 1.54) is 0 Å². The van der Waals surface area contributed by atoms with Crippen LogP contribution in [-0.4, -0.2) is 41.5 Å². The Bertz CT molecular complexity index is 503. The number of nitrogens with zero attached hydrogens (tertiary/aromatic N) is 1. The lowest BCUT2D eigenvalue weighted by molar-refractivity contribution is 0.0765. The van der Waals surface area contributed by atoms with Gasteiger partial charge < -0.3 is 15.4 Å². The standard InChI is InChI=1S/C15H22N2O2S/c1-15(2)7-8-17(9-10-20-15)14(18)11-5-4-6-12(19-3)13(11)16/h4-6H,7-10,16H2,1-3H3. The highest BCUT2D eigenvalue weighted by atomic mass is 32.2. The van der Waals surface area contributed by atoms with E-state index in [9.17, 15) is 4.79 Å². The molecule has 0 bridgehead atoms. The first kappa shape index (κ1) is 15.0. The predicted molar refractivity (Wildman–Crippen MR) is 84.5 cm³/mol. The molecule has 2 rings (SSSR count). The van der Waals surface area contributed by atoms with Gasteiger partial charge in [0.05, 0.1) is 18.4 Å². The van der Waals surface area contributed by atoms with Crippen LogP contribution in [0.5, 0.6) is 5.75 Å². The number of methoxy groups -OCH3 is 1. The molecular formula is C15H22N2O2S. The van der Waals surface area contributed by atoms with Crippen molar-refractivity contribution >= 4 is 23.4 Å². The van der Waals surface area contributed by atoms with E-state index in [1.807, 2.05) is 16.7 Å². The second kappa shape index (κ2) is 5.95. The van der Waals surface area contributed by atoms with Crippen molar-refractivity contribution in [3.05, 3.63) is 23.8 Å². The van der Waals surface area contributed by atoms with Crippen molar-refractivity contribution in [2.75, 3.05) is 31.7 Å². The fraction of sp³-hybridized carbons (Fsp3) is 0.533. The molecule has 20 heavy (non-hydrogen) atoms. The molecule has 0 aromatic heterocycles. The normalized spacial score (nSPS) is 18.4. The number of nitrogen functional groups attached to an aromatic ring is 1. The molecule has 4 nitrogen and oxygen atoms in total. The maximum absolute atomic E-state index is 12.6. The zero-order chi connectivity index (χ0) is 14.8. The lowest BCUT2D eigenvalue weighted by atomic mass is 10.1. The van der Waals surface area contributed by atoms with Crippen molar-refractivity contribution in [2.45, 2.75) is 25.0 Å². The molecule has 0 spiro atoms. The summed E-state index contributed by atoms with van der Waals surface area (Å²) in [5.41, 5.74) is 6.98. The number of thioether (sulfide) groups is 1. The highest BCUT2D eigenvalue weighted by Gasteiger charge is 2.27. The van der Waals surface area contributed by atoms with E-state index in [0.29, 0.717) is 17.0 Å². The third kappa shape index (κ3) is 3.20. The third-order valence-corrected chi connectivity index (χ3v) is 5.01. The van der Waals surface area contributed by atoms with Crippen LogP contribution in [0.2, 0.25) is 0 Å². The summed E-state index contributed by atoms with van der Waals surface area (Å²) in [6.45, 7) is 6.00. The van der Waals surface area contributed by atoms with Crippen LogP contribution in [0.25, 0.3) is 0 Å². The molecule has 0 saturated carbocycles. The second-order valence-electron chi connectivity index (χ2n) is 5.57. The minimum absolute atomic E-state index is 0.000278. The van der Waals surface area contributed by atoms with Gasteiger partial charge in [0.15, 0.2) is 0 Å². The average molecular weight is 294 g/mol. The van der Waals surface area contributed by atoms with Crippen LogP contribution in [0, 0.1) is 0 Å². The van der Waals surface area contributed by atoms with Crippen LogP contribution in [0.3, 0.4) is 0 Å². The highest BCUT2D eigenvalue weighted by molar-refractivity contribution is 8.00. The molecule has 0 radical (unpaired) electrons. The molecule has 1 aromatic carbocycles. The Morgan fingerprint density at radius 3 is 2.85 bits per heavy atom. The fourth-order valence-electron chi connectivity index (χ4n) is 2.30. The second-order valence-corrected chi connectivity index (χ2v) is 7.37. The van der Waals surface area contributed by atoms with E-state index in [1.54, 1.807) is 25.3 Å². The van der Waals surface area contributed by atoms with Crippen LogP contribution >= 0.6 is 11.8 Å². The molecule has 1 aliphatic rings. The minimum atomic E-state index is -0.000278. The maximum Gasteiger partial charge on any atom is 0.256 e. The number of rotatable bonds is 2. The van der Waals surface area contributed by atoms with Crippen LogP contribution in [0.4, 0.5) is 5.69 Å². The molecule has 1 amide bonds. The van der Waals surface area contributed by atoms with Gasteiger partial charge in [-0.3, -0.25) is 4.79 Å². The lowest BCUT2D eigenvalue weighted by Crippen LogP contribution is -2.34. The van der Waals surface area contributed by atoms with Crippen molar-refractivity contribution in [1.29, 1.82) is 0 Å². The van der Waals surface area contributed by atoms with E-state index >= 15 is 0 Å². The van der Waals surface area contributed by atoms with Crippen LogP contribution in [0.1, 0.15) is 30.6 Å². The van der Waals surface area contributed by atoms with Gasteiger partial charge in [-0.1, -0.05) is 19.9 Å². The number of benzene rings is 1. The Labute approximate surface area is 124 Å². The first-order valence-corrected chi connectivity index (χ1v) is 7.79. The predicted octanol–water partition coefficient (Wildman–Crippen LogP) is 2.64. The van der Waals surface area contributed by atoms with Crippen LogP contribution < -0.4 is 10.5 Å². The first-order valence-electron chi connectivity index (χ1n) is 6.80. The Morgan fingerprint density at radius 1 is 1.40 bits per heavy atom. The topological polar surface area (TPSA) is 55.6 Å². The van der Waals surface area contributed by atoms with Gasteiger partial charge >= 0.3 is 0 Å². The summed E-state index contributed by atoms with van der Waals surface area (Å²) in [5.74, 6) is 1.52. The lowest BCUT2D eigenvalue weighted by Gasteiger charge is -2.23. The molecule has 1 heterocycles. The molecule has 1 aromatic rings. The molecule has 1 saturated heterocycles. The van der Waals surface area contributed by atoms with Gasteiger partial charge in [0.25, 0.3) is 5.91 Å². The molecular weight excluding hydrogens is 272 g/mol. The van der Waals surface area contributed by atoms with Gasteiger partial charge in [0, 0.05) is 23.6 Å². The Morgan fingerprint density at radius 2 is 2.15 bits per heavy atom. The van der Waals surface area contributed by atoms with Gasteiger partial charge in [-0.05, 0) is 18.6 Å². The fourth-order valence-corrected chi connectivity index (χ4v) is 3.40. The largest absolute Gasteiger partial charge is 0.495 e. The molecule has 1 aliphatic heterocycles. The van der Waals surface area contributed by atoms with Gasteiger partial charge in [-0.2, -0.15) is 11.8 Å². The minimum Gasteiger partial charge on any atom is -0.495 e. The number of ether oxygens (including phenoxy) is 1. The number of hydrogen-bond acceptors (Lipinski definition) is 4. The number of para-hydroxylation sites is 1. The van der Waals surface area contributed by atoms with Crippen molar-refractivity contribution in [1.82, 2.24) is 4.90 Å². The number of carbonyl (C=O) groups is 1. The quantitative estimate of drug-likeness (QED) is 0.852. The summed E-state index contributed by atoms with van der Waals surface area (Å²) in [4.78, 5) is 14.5. The first-order chi connectivity index (χ1) is 9.44. The summed E-state index contributed by atoms with van der Waals surface area (Å²) in [6.07, 6.45) is 0.993. The zero-order valence-electron chi connectivity index (χ0n) is 12.3. The number of amides is 1. The van der Waals surface area contributed by atoms with E-state index in [-0.39, 0.29) is 10.7 Å². The molecule has 5 heteroatoms. The van der Waals surface area contributed by atoms with Gasteiger partial charge in [-0.15, -0.1) is 0 Å². The maximum atomic E-state index is 12.6. The van der Waals surface area contributed by atoms with E-state index < -0.39 is 0 Å². The Balaban J connectivity index is 2.19. The molecule has 0 aliphatic carbocycles. The van der Waals surface area contributed by atoms with Gasteiger partial charge in [0.1, 0.15) is 5.75 Å². The van der Waals surface area contributed by atoms with Crippen LogP contribution in [-0.2, 0) is 0 Å². The Kier molecular flexibility index (Phi) is 4.48. The van der Waals surface area contributed by atoms with Crippen molar-refractivity contribution in [3.8, 4) is 5.75 Å². The van der Waals surface area contributed by atoms with Crippen molar-refractivity contribution < 1.29 is 9.53 Å². The summed E-state index contributed by atoms with van der Waals surface area (Å²) < 4.78 is 5.41. The van der Waals surface area contributed by atoms with Crippen LogP contribution in [0.15, 0.2) is 18.2 Å².